The molecule has 1 fully saturated rings. The number of carbonyl (C=O) groups excluding carboxylic acids is 1. The van der Waals surface area contributed by atoms with Crippen LogP contribution in [0.1, 0.15) is 25.7 Å². The number of nitrogens with one attached hydrogen (secondary N) is 1. The molecule has 0 bridgehead atoms. The number of aliphatic carboxylic acids is 1. The van der Waals surface area contributed by atoms with Crippen molar-refractivity contribution < 1.29 is 28.2 Å². The topological polar surface area (TPSA) is 78.9 Å². The molecule has 0 atom stereocenters. The molecule has 2 aromatic rings. The molecular formula is C23H26F2N2O4. The number of urea groups is 1. The van der Waals surface area contributed by atoms with Gasteiger partial charge in [0.25, 0.3) is 0 Å². The summed E-state index contributed by atoms with van der Waals surface area (Å²) in [5.41, 5.74) is 0.284. The van der Waals surface area contributed by atoms with Crippen LogP contribution in [-0.4, -0.2) is 36.9 Å². The second-order valence-electron chi connectivity index (χ2n) is 7.73. The number of ether oxygens (including phenoxy) is 1. The fraction of sp³-hybridized carbons (Fsp3) is 0.391. The molecule has 1 aliphatic carbocycles. The summed E-state index contributed by atoms with van der Waals surface area (Å²) < 4.78 is 33.4. The van der Waals surface area contributed by atoms with Gasteiger partial charge in [-0.1, -0.05) is 24.3 Å². The van der Waals surface area contributed by atoms with Gasteiger partial charge in [0.2, 0.25) is 0 Å². The van der Waals surface area contributed by atoms with E-state index < -0.39 is 23.6 Å². The van der Waals surface area contributed by atoms with E-state index in [0.29, 0.717) is 24.8 Å². The highest BCUT2D eigenvalue weighted by Gasteiger charge is 2.25. The lowest BCUT2D eigenvalue weighted by Crippen LogP contribution is -2.40. The van der Waals surface area contributed by atoms with E-state index in [0.717, 1.165) is 36.6 Å². The van der Waals surface area contributed by atoms with Gasteiger partial charge in [-0.3, -0.25) is 4.90 Å². The van der Waals surface area contributed by atoms with Crippen molar-refractivity contribution in [3.63, 3.8) is 0 Å². The number of para-hydroxylation sites is 1. The lowest BCUT2D eigenvalue weighted by atomic mass is 9.82. The Bertz CT molecular complexity index is 886. The number of carboxylic acids is 1. The number of carboxylic acid groups (broad SMARTS) is 1. The van der Waals surface area contributed by atoms with E-state index in [4.69, 9.17) is 9.84 Å². The molecule has 0 unspecified atom stereocenters. The number of amides is 2. The van der Waals surface area contributed by atoms with Crippen LogP contribution in [0.15, 0.2) is 48.5 Å². The third-order valence-electron chi connectivity index (χ3n) is 5.48. The van der Waals surface area contributed by atoms with E-state index >= 15 is 0 Å². The van der Waals surface area contributed by atoms with E-state index in [-0.39, 0.29) is 18.2 Å². The third-order valence-corrected chi connectivity index (χ3v) is 5.48. The highest BCUT2D eigenvalue weighted by molar-refractivity contribution is 5.99. The molecule has 0 aromatic heterocycles. The molecule has 0 aliphatic heterocycles. The van der Waals surface area contributed by atoms with E-state index in [1.165, 1.54) is 12.1 Å². The molecule has 166 valence electrons. The normalized spacial score (nSPS) is 18.4. The fourth-order valence-electron chi connectivity index (χ4n) is 3.83. The van der Waals surface area contributed by atoms with Gasteiger partial charge in [0.1, 0.15) is 6.61 Å². The highest BCUT2D eigenvalue weighted by Crippen LogP contribution is 2.31. The molecule has 8 heteroatoms. The van der Waals surface area contributed by atoms with Crippen LogP contribution >= 0.6 is 0 Å². The van der Waals surface area contributed by atoms with Crippen molar-refractivity contribution in [2.45, 2.75) is 25.7 Å². The van der Waals surface area contributed by atoms with Crippen LogP contribution in [0, 0.1) is 23.5 Å². The summed E-state index contributed by atoms with van der Waals surface area (Å²) in [6, 6.07) is 11.8. The average Bonchev–Trinajstić information content (AvgIpc) is 2.77. The van der Waals surface area contributed by atoms with Crippen molar-refractivity contribution in [2.75, 3.05) is 24.7 Å². The number of benzene rings is 2. The second kappa shape index (κ2) is 10.9. The number of hydrogen-bond acceptors (Lipinski definition) is 3. The molecule has 31 heavy (non-hydrogen) atoms. The van der Waals surface area contributed by atoms with E-state index in [9.17, 15) is 18.4 Å². The monoisotopic (exact) mass is 432 g/mol. The molecule has 2 N–H and O–H groups in total. The molecule has 2 amide bonds. The zero-order valence-electron chi connectivity index (χ0n) is 17.1. The standard InChI is InChI=1S/C23H26F2N2O4/c24-19-7-4-8-20(22(19)25)27(18-5-2-1-3-6-18)23(30)26-13-16-9-11-17(12-10-16)14-31-15-21(28)29/h1-8,16-17H,9-15H2,(H,26,30)(H,28,29). The molecular weight excluding hydrogens is 406 g/mol. The summed E-state index contributed by atoms with van der Waals surface area (Å²) in [6.07, 6.45) is 3.53. The molecule has 3 rings (SSSR count). The first-order valence-electron chi connectivity index (χ1n) is 10.3. The number of anilines is 2. The quantitative estimate of drug-likeness (QED) is 0.633. The van der Waals surface area contributed by atoms with Crippen LogP contribution in [-0.2, 0) is 9.53 Å². The number of halogens is 2. The SMILES string of the molecule is O=C(O)COCC1CCC(CNC(=O)N(c2ccccc2)c2cccc(F)c2F)CC1. The van der Waals surface area contributed by atoms with Crippen molar-refractivity contribution in [1.82, 2.24) is 5.32 Å². The third kappa shape index (κ3) is 6.24. The maximum Gasteiger partial charge on any atom is 0.329 e. The maximum absolute atomic E-state index is 14.4. The van der Waals surface area contributed by atoms with Gasteiger partial charge in [-0.05, 0) is 61.8 Å². The molecule has 2 aromatic carbocycles. The molecule has 0 heterocycles. The lowest BCUT2D eigenvalue weighted by molar-refractivity contribution is -0.142. The predicted octanol–water partition coefficient (Wildman–Crippen LogP) is 4.72. The van der Waals surface area contributed by atoms with Gasteiger partial charge in [-0.2, -0.15) is 0 Å². The predicted molar refractivity (Wildman–Crippen MR) is 112 cm³/mol. The van der Waals surface area contributed by atoms with Crippen molar-refractivity contribution in [1.29, 1.82) is 0 Å². The zero-order chi connectivity index (χ0) is 22.2. The Balaban J connectivity index is 1.59. The van der Waals surface area contributed by atoms with Gasteiger partial charge < -0.3 is 15.2 Å². The van der Waals surface area contributed by atoms with Gasteiger partial charge in [0, 0.05) is 6.54 Å². The number of nitrogens with zero attached hydrogens (tertiary/aromatic N) is 1. The molecule has 1 saturated carbocycles. The first kappa shape index (κ1) is 22.7. The summed E-state index contributed by atoms with van der Waals surface area (Å²) in [5.74, 6) is -2.50. The van der Waals surface area contributed by atoms with E-state index in [1.54, 1.807) is 30.3 Å². The summed E-state index contributed by atoms with van der Waals surface area (Å²) >= 11 is 0. The molecule has 0 saturated heterocycles. The van der Waals surface area contributed by atoms with Gasteiger partial charge in [0.05, 0.1) is 18.0 Å². The molecule has 0 radical (unpaired) electrons. The van der Waals surface area contributed by atoms with Crippen molar-refractivity contribution in [3.8, 4) is 0 Å². The second-order valence-corrected chi connectivity index (χ2v) is 7.73. The van der Waals surface area contributed by atoms with Gasteiger partial charge in [-0.25, -0.2) is 18.4 Å². The average molecular weight is 432 g/mol. The van der Waals surface area contributed by atoms with Gasteiger partial charge in [-0.15, -0.1) is 0 Å². The van der Waals surface area contributed by atoms with Crippen LogP contribution in [0.3, 0.4) is 0 Å². The van der Waals surface area contributed by atoms with E-state index in [2.05, 4.69) is 5.32 Å². The van der Waals surface area contributed by atoms with Crippen LogP contribution in [0.25, 0.3) is 0 Å². The summed E-state index contributed by atoms with van der Waals surface area (Å²) in [6.45, 7) is 0.551. The largest absolute Gasteiger partial charge is 0.480 e. The van der Waals surface area contributed by atoms with Crippen molar-refractivity contribution in [2.24, 2.45) is 11.8 Å². The minimum absolute atomic E-state index is 0.150. The van der Waals surface area contributed by atoms with Crippen molar-refractivity contribution in [3.05, 3.63) is 60.2 Å². The number of hydrogen-bond donors (Lipinski definition) is 2. The number of rotatable bonds is 8. The Morgan fingerprint density at radius 1 is 1.00 bits per heavy atom. The van der Waals surface area contributed by atoms with Gasteiger partial charge in [0.15, 0.2) is 11.6 Å². The highest BCUT2D eigenvalue weighted by atomic mass is 19.2. The molecule has 6 nitrogen and oxygen atoms in total. The Morgan fingerprint density at radius 2 is 1.68 bits per heavy atom. The Kier molecular flexibility index (Phi) is 7.94. The Hall–Kier alpha value is -3.00. The van der Waals surface area contributed by atoms with Crippen LogP contribution in [0.5, 0.6) is 0 Å². The minimum atomic E-state index is -1.08. The first-order valence-corrected chi connectivity index (χ1v) is 10.3. The smallest absolute Gasteiger partial charge is 0.329 e. The lowest BCUT2D eigenvalue weighted by Gasteiger charge is -2.29. The summed E-state index contributed by atoms with van der Waals surface area (Å²) in [5, 5.41) is 11.5. The summed E-state index contributed by atoms with van der Waals surface area (Å²) in [7, 11) is 0. The number of carbonyl (C=O) groups is 2. The Morgan fingerprint density at radius 3 is 2.35 bits per heavy atom. The fourth-order valence-corrected chi connectivity index (χ4v) is 3.83. The molecule has 0 spiro atoms. The zero-order valence-corrected chi connectivity index (χ0v) is 17.1. The van der Waals surface area contributed by atoms with E-state index in [1.807, 2.05) is 0 Å². The van der Waals surface area contributed by atoms with Gasteiger partial charge >= 0.3 is 12.0 Å². The van der Waals surface area contributed by atoms with Crippen LogP contribution in [0.2, 0.25) is 0 Å². The van der Waals surface area contributed by atoms with Crippen molar-refractivity contribution >= 4 is 23.4 Å². The Labute approximate surface area is 179 Å². The first-order chi connectivity index (χ1) is 15.0. The molecule has 1 aliphatic rings. The minimum Gasteiger partial charge on any atom is -0.480 e. The van der Waals surface area contributed by atoms with Crippen LogP contribution in [0.4, 0.5) is 25.0 Å². The summed E-state index contributed by atoms with van der Waals surface area (Å²) in [4.78, 5) is 24.6. The van der Waals surface area contributed by atoms with Crippen LogP contribution < -0.4 is 10.2 Å². The maximum atomic E-state index is 14.4.